The summed E-state index contributed by atoms with van der Waals surface area (Å²) in [6, 6.07) is 13.9. The molecule has 6 heteroatoms. The van der Waals surface area contributed by atoms with Crippen molar-refractivity contribution in [3.8, 4) is 5.75 Å². The molecule has 0 fully saturated rings. The van der Waals surface area contributed by atoms with Crippen molar-refractivity contribution in [3.63, 3.8) is 0 Å². The van der Waals surface area contributed by atoms with Crippen molar-refractivity contribution in [3.05, 3.63) is 64.0 Å². The van der Waals surface area contributed by atoms with Crippen LogP contribution in [0.4, 0.5) is 5.69 Å². The van der Waals surface area contributed by atoms with E-state index < -0.39 is 0 Å². The topological polar surface area (TPSA) is 46.6 Å². The highest BCUT2D eigenvalue weighted by molar-refractivity contribution is 8.04. The van der Waals surface area contributed by atoms with Crippen LogP contribution in [0, 0.1) is 0 Å². The van der Waals surface area contributed by atoms with Crippen LogP contribution >= 0.6 is 23.4 Å². The van der Waals surface area contributed by atoms with Crippen molar-refractivity contribution < 1.29 is 14.3 Å². The maximum Gasteiger partial charge on any atom is 0.272 e. The molecule has 0 radical (unpaired) electrons. The molecule has 1 heterocycles. The average Bonchev–Trinajstić information content (AvgIpc) is 2.85. The minimum Gasteiger partial charge on any atom is -0.497 e. The van der Waals surface area contributed by atoms with E-state index in [4.69, 9.17) is 16.3 Å². The average molecular weight is 388 g/mol. The molecule has 0 saturated carbocycles. The molecule has 1 aliphatic rings. The number of halogens is 1. The number of amides is 2. The Labute approximate surface area is 161 Å². The summed E-state index contributed by atoms with van der Waals surface area (Å²) in [4.78, 5) is 27.8. The van der Waals surface area contributed by atoms with Crippen molar-refractivity contribution >= 4 is 46.4 Å². The number of hydrogen-bond acceptors (Lipinski definition) is 4. The summed E-state index contributed by atoms with van der Waals surface area (Å²) in [5.74, 6) is 0.0308. The first-order chi connectivity index (χ1) is 12.4. The van der Waals surface area contributed by atoms with Crippen LogP contribution in [-0.4, -0.2) is 24.2 Å². The molecule has 3 rings (SSSR count). The summed E-state index contributed by atoms with van der Waals surface area (Å²) in [5.41, 5.74) is 1.58. The lowest BCUT2D eigenvalue weighted by molar-refractivity contribution is -0.119. The molecule has 0 atom stereocenters. The summed E-state index contributed by atoms with van der Waals surface area (Å²) in [6.45, 7) is 3.98. The monoisotopic (exact) mass is 387 g/mol. The van der Waals surface area contributed by atoms with Gasteiger partial charge in [-0.1, -0.05) is 43.6 Å². The summed E-state index contributed by atoms with van der Waals surface area (Å²) < 4.78 is 5.18. The van der Waals surface area contributed by atoms with Gasteiger partial charge in [-0.2, -0.15) is 0 Å². The molecule has 1 aliphatic heterocycles. The second-order valence-electron chi connectivity index (χ2n) is 6.02. The van der Waals surface area contributed by atoms with Crippen molar-refractivity contribution in [1.29, 1.82) is 0 Å². The van der Waals surface area contributed by atoms with Crippen molar-refractivity contribution in [2.45, 2.75) is 19.1 Å². The van der Waals surface area contributed by atoms with Crippen LogP contribution in [-0.2, 0) is 9.59 Å². The van der Waals surface area contributed by atoms with E-state index in [1.54, 1.807) is 55.6 Å². The van der Waals surface area contributed by atoms with E-state index in [0.29, 0.717) is 32.5 Å². The highest BCUT2D eigenvalue weighted by atomic mass is 35.5. The van der Waals surface area contributed by atoms with Gasteiger partial charge >= 0.3 is 0 Å². The third-order valence-electron chi connectivity index (χ3n) is 3.84. The maximum atomic E-state index is 13.1. The summed E-state index contributed by atoms with van der Waals surface area (Å²) in [6.07, 6.45) is 0. The number of rotatable bonds is 5. The van der Waals surface area contributed by atoms with Crippen LogP contribution in [0.2, 0.25) is 5.02 Å². The predicted octanol–water partition coefficient (Wildman–Crippen LogP) is 4.77. The lowest BCUT2D eigenvalue weighted by atomic mass is 10.1. The van der Waals surface area contributed by atoms with E-state index in [9.17, 15) is 9.59 Å². The van der Waals surface area contributed by atoms with Gasteiger partial charge in [0.25, 0.3) is 11.8 Å². The van der Waals surface area contributed by atoms with Crippen molar-refractivity contribution in [2.75, 3.05) is 12.0 Å². The van der Waals surface area contributed by atoms with Crippen LogP contribution in [0.3, 0.4) is 0 Å². The summed E-state index contributed by atoms with van der Waals surface area (Å²) in [5, 5.41) is 0.633. The Morgan fingerprint density at radius 2 is 1.73 bits per heavy atom. The van der Waals surface area contributed by atoms with Crippen molar-refractivity contribution in [2.24, 2.45) is 0 Å². The first kappa shape index (κ1) is 18.5. The minimum atomic E-state index is -0.342. The van der Waals surface area contributed by atoms with E-state index in [2.05, 4.69) is 0 Å². The number of thioether (sulfide) groups is 1. The van der Waals surface area contributed by atoms with Gasteiger partial charge in [0.2, 0.25) is 0 Å². The third kappa shape index (κ3) is 3.50. The van der Waals surface area contributed by atoms with Gasteiger partial charge in [0, 0.05) is 10.3 Å². The fraction of sp³-hybridized carbons (Fsp3) is 0.200. The number of hydrogen-bond donors (Lipinski definition) is 0. The number of anilines is 1. The molecule has 0 N–H and O–H groups in total. The van der Waals surface area contributed by atoms with Crippen molar-refractivity contribution in [1.82, 2.24) is 0 Å². The quantitative estimate of drug-likeness (QED) is 0.693. The normalized spacial score (nSPS) is 14.6. The van der Waals surface area contributed by atoms with Crippen LogP contribution in [0.25, 0.3) is 5.57 Å². The van der Waals surface area contributed by atoms with Gasteiger partial charge in [0.05, 0.1) is 23.3 Å². The largest absolute Gasteiger partial charge is 0.497 e. The number of carbonyl (C=O) groups is 2. The highest BCUT2D eigenvalue weighted by Gasteiger charge is 2.40. The highest BCUT2D eigenvalue weighted by Crippen LogP contribution is 2.40. The number of carbonyl (C=O) groups excluding carboxylic acids is 2. The molecule has 0 saturated heterocycles. The van der Waals surface area contributed by atoms with E-state index in [-0.39, 0.29) is 17.1 Å². The van der Waals surface area contributed by atoms with Gasteiger partial charge in [0.1, 0.15) is 5.75 Å². The SMILES string of the molecule is COc1ccc(C2=C(SC(C)C)C(=O)N(c3cccc(Cl)c3)C2=O)cc1. The maximum absolute atomic E-state index is 13.1. The van der Waals surface area contributed by atoms with Crippen LogP contribution < -0.4 is 9.64 Å². The smallest absolute Gasteiger partial charge is 0.272 e. The molecule has 0 bridgehead atoms. The van der Waals surface area contributed by atoms with Gasteiger partial charge in [-0.15, -0.1) is 11.8 Å². The zero-order chi connectivity index (χ0) is 18.8. The molecule has 0 unspecified atom stereocenters. The fourth-order valence-electron chi connectivity index (χ4n) is 2.72. The molecule has 0 aromatic heterocycles. The second kappa shape index (κ2) is 7.56. The van der Waals surface area contributed by atoms with Gasteiger partial charge in [0.15, 0.2) is 0 Å². The van der Waals surface area contributed by atoms with E-state index >= 15 is 0 Å². The molecule has 4 nitrogen and oxygen atoms in total. The zero-order valence-electron chi connectivity index (χ0n) is 14.7. The first-order valence-corrected chi connectivity index (χ1v) is 9.38. The molecule has 0 spiro atoms. The van der Waals surface area contributed by atoms with Gasteiger partial charge < -0.3 is 4.74 Å². The molecule has 0 aliphatic carbocycles. The number of benzene rings is 2. The Balaban J connectivity index is 2.09. The standard InChI is InChI=1S/C20H18ClNO3S/c1-12(2)26-18-17(13-7-9-16(25-3)10-8-13)19(23)22(20(18)24)15-6-4-5-14(21)11-15/h4-12H,1-3H3. The van der Waals surface area contributed by atoms with E-state index in [0.717, 1.165) is 0 Å². The number of imide groups is 1. The van der Waals surface area contributed by atoms with Gasteiger partial charge in [-0.05, 0) is 35.9 Å². The van der Waals surface area contributed by atoms with Gasteiger partial charge in [-0.25, -0.2) is 4.90 Å². The molecule has 2 amide bonds. The Kier molecular flexibility index (Phi) is 5.39. The van der Waals surface area contributed by atoms with Crippen LogP contribution in [0.1, 0.15) is 19.4 Å². The van der Waals surface area contributed by atoms with Gasteiger partial charge in [-0.3, -0.25) is 9.59 Å². The zero-order valence-corrected chi connectivity index (χ0v) is 16.2. The minimum absolute atomic E-state index is 0.161. The first-order valence-electron chi connectivity index (χ1n) is 8.12. The second-order valence-corrected chi connectivity index (χ2v) is 8.05. The number of methoxy groups -OCH3 is 1. The molecule has 2 aromatic carbocycles. The molecule has 26 heavy (non-hydrogen) atoms. The predicted molar refractivity (Wildman–Crippen MR) is 107 cm³/mol. The molecular weight excluding hydrogens is 370 g/mol. The Morgan fingerprint density at radius 3 is 2.31 bits per heavy atom. The van der Waals surface area contributed by atoms with Crippen LogP contribution in [0.15, 0.2) is 53.4 Å². The lowest BCUT2D eigenvalue weighted by Crippen LogP contribution is -2.31. The molecule has 2 aromatic rings. The lowest BCUT2D eigenvalue weighted by Gasteiger charge is -2.15. The summed E-state index contributed by atoms with van der Waals surface area (Å²) >= 11 is 7.44. The summed E-state index contributed by atoms with van der Waals surface area (Å²) in [7, 11) is 1.58. The molecular formula is C20H18ClNO3S. The Bertz CT molecular complexity index is 890. The van der Waals surface area contributed by atoms with Crippen LogP contribution in [0.5, 0.6) is 5.75 Å². The Hall–Kier alpha value is -2.24. The number of nitrogens with zero attached hydrogens (tertiary/aromatic N) is 1. The number of ether oxygens (including phenoxy) is 1. The third-order valence-corrected chi connectivity index (χ3v) is 5.16. The Morgan fingerprint density at radius 1 is 1.04 bits per heavy atom. The molecule has 134 valence electrons. The van der Waals surface area contributed by atoms with E-state index in [1.807, 2.05) is 13.8 Å². The van der Waals surface area contributed by atoms with E-state index in [1.165, 1.54) is 16.7 Å². The fourth-order valence-corrected chi connectivity index (χ4v) is 3.89.